The Bertz CT molecular complexity index is 1010. The molecular formula is C24H32FN3O4S. The van der Waals surface area contributed by atoms with Gasteiger partial charge in [-0.2, -0.15) is 0 Å². The number of hydrogen-bond acceptors (Lipinski definition) is 4. The quantitative estimate of drug-likeness (QED) is 0.475. The zero-order chi connectivity index (χ0) is 24.4. The van der Waals surface area contributed by atoms with Gasteiger partial charge in [-0.05, 0) is 42.7 Å². The van der Waals surface area contributed by atoms with Crippen LogP contribution in [0, 0.1) is 5.82 Å². The minimum absolute atomic E-state index is 0.153. The summed E-state index contributed by atoms with van der Waals surface area (Å²) >= 11 is 0. The number of carbonyl (C=O) groups is 2. The predicted molar refractivity (Wildman–Crippen MR) is 128 cm³/mol. The van der Waals surface area contributed by atoms with Gasteiger partial charge in [-0.3, -0.25) is 13.9 Å². The number of nitrogens with one attached hydrogen (secondary N) is 1. The van der Waals surface area contributed by atoms with E-state index < -0.39 is 34.3 Å². The van der Waals surface area contributed by atoms with E-state index in [4.69, 9.17) is 0 Å². The molecule has 1 N–H and O–H groups in total. The van der Waals surface area contributed by atoms with Crippen LogP contribution < -0.4 is 9.62 Å². The van der Waals surface area contributed by atoms with E-state index in [0.29, 0.717) is 13.0 Å². The van der Waals surface area contributed by atoms with E-state index in [1.807, 2.05) is 44.2 Å². The van der Waals surface area contributed by atoms with E-state index in [0.717, 1.165) is 41.1 Å². The third kappa shape index (κ3) is 7.85. The van der Waals surface area contributed by atoms with Crippen LogP contribution in [0.2, 0.25) is 0 Å². The summed E-state index contributed by atoms with van der Waals surface area (Å²) < 4.78 is 39.2. The van der Waals surface area contributed by atoms with Gasteiger partial charge in [0.2, 0.25) is 21.8 Å². The number of unbranched alkanes of at least 4 members (excludes halogenated alkanes) is 1. The lowest BCUT2D eigenvalue weighted by atomic mass is 10.1. The summed E-state index contributed by atoms with van der Waals surface area (Å²) in [5, 5.41) is 2.87. The summed E-state index contributed by atoms with van der Waals surface area (Å²) in [6.45, 7) is 3.98. The van der Waals surface area contributed by atoms with Crippen LogP contribution in [-0.2, 0) is 26.2 Å². The number of nitrogens with zero attached hydrogens (tertiary/aromatic N) is 2. The third-order valence-electron chi connectivity index (χ3n) is 5.21. The Hall–Kier alpha value is -2.94. The maximum atomic E-state index is 13.4. The first kappa shape index (κ1) is 26.3. The number of rotatable bonds is 12. The molecule has 1 atom stereocenters. The van der Waals surface area contributed by atoms with E-state index in [9.17, 15) is 22.4 Å². The van der Waals surface area contributed by atoms with Crippen LogP contribution in [0.3, 0.4) is 0 Å². The summed E-state index contributed by atoms with van der Waals surface area (Å²) in [4.78, 5) is 27.8. The van der Waals surface area contributed by atoms with Crippen molar-refractivity contribution in [2.24, 2.45) is 0 Å². The van der Waals surface area contributed by atoms with Crippen LogP contribution in [0.15, 0.2) is 54.6 Å². The van der Waals surface area contributed by atoms with Gasteiger partial charge in [0, 0.05) is 13.1 Å². The van der Waals surface area contributed by atoms with E-state index in [1.165, 1.54) is 17.0 Å². The number of halogens is 1. The van der Waals surface area contributed by atoms with Crippen molar-refractivity contribution in [1.29, 1.82) is 0 Å². The molecule has 0 aromatic heterocycles. The van der Waals surface area contributed by atoms with Crippen molar-refractivity contribution in [3.63, 3.8) is 0 Å². The maximum absolute atomic E-state index is 13.4. The van der Waals surface area contributed by atoms with Gasteiger partial charge in [0.1, 0.15) is 18.4 Å². The van der Waals surface area contributed by atoms with Gasteiger partial charge >= 0.3 is 0 Å². The molecular weight excluding hydrogens is 445 g/mol. The second kappa shape index (κ2) is 12.3. The van der Waals surface area contributed by atoms with Crippen molar-refractivity contribution in [1.82, 2.24) is 10.2 Å². The molecule has 0 radical (unpaired) electrons. The molecule has 7 nitrogen and oxygen atoms in total. The lowest BCUT2D eigenvalue weighted by molar-refractivity contribution is -0.140. The highest BCUT2D eigenvalue weighted by Crippen LogP contribution is 2.20. The molecule has 9 heteroatoms. The van der Waals surface area contributed by atoms with Gasteiger partial charge in [-0.25, -0.2) is 12.8 Å². The van der Waals surface area contributed by atoms with Gasteiger partial charge in [0.05, 0.1) is 11.9 Å². The first-order valence-electron chi connectivity index (χ1n) is 11.0. The van der Waals surface area contributed by atoms with Gasteiger partial charge in [-0.1, -0.05) is 50.6 Å². The molecule has 0 aliphatic carbocycles. The highest BCUT2D eigenvalue weighted by atomic mass is 32.2. The zero-order valence-electron chi connectivity index (χ0n) is 19.3. The summed E-state index contributed by atoms with van der Waals surface area (Å²) in [5.41, 5.74) is 0.991. The average Bonchev–Trinajstić information content (AvgIpc) is 2.78. The Kier molecular flexibility index (Phi) is 9.84. The first-order chi connectivity index (χ1) is 15.7. The minimum Gasteiger partial charge on any atom is -0.354 e. The molecule has 180 valence electrons. The molecule has 0 spiro atoms. The smallest absolute Gasteiger partial charge is 0.244 e. The standard InChI is InChI=1S/C24H32FN3O4S/c1-4-6-16-26-24(30)22(5-2)27(17-19-10-8-7-9-11-19)23(29)18-28(33(3,31)32)21-14-12-20(25)13-15-21/h7-15,22H,4-6,16-18H2,1-3H3,(H,26,30)/t22-/m1/s1. The predicted octanol–water partition coefficient (Wildman–Crippen LogP) is 3.32. The van der Waals surface area contributed by atoms with Crippen molar-refractivity contribution in [3.8, 4) is 0 Å². The lowest BCUT2D eigenvalue weighted by Crippen LogP contribution is -2.52. The molecule has 0 aliphatic rings. The summed E-state index contributed by atoms with van der Waals surface area (Å²) in [6, 6.07) is 13.3. The van der Waals surface area contributed by atoms with Crippen molar-refractivity contribution in [2.75, 3.05) is 23.7 Å². The Morgan fingerprint density at radius 1 is 1.03 bits per heavy atom. The Morgan fingerprint density at radius 2 is 1.67 bits per heavy atom. The highest BCUT2D eigenvalue weighted by Gasteiger charge is 2.31. The topological polar surface area (TPSA) is 86.8 Å². The number of hydrogen-bond donors (Lipinski definition) is 1. The normalized spacial score (nSPS) is 12.1. The van der Waals surface area contributed by atoms with Crippen LogP contribution >= 0.6 is 0 Å². The number of sulfonamides is 1. The van der Waals surface area contributed by atoms with E-state index in [1.54, 1.807) is 0 Å². The van der Waals surface area contributed by atoms with Crippen LogP contribution in [0.5, 0.6) is 0 Å². The average molecular weight is 478 g/mol. The Balaban J connectivity index is 2.35. The van der Waals surface area contributed by atoms with Gasteiger partial charge in [-0.15, -0.1) is 0 Å². The first-order valence-corrected chi connectivity index (χ1v) is 12.9. The van der Waals surface area contributed by atoms with E-state index >= 15 is 0 Å². The van der Waals surface area contributed by atoms with Crippen molar-refractivity contribution >= 4 is 27.5 Å². The SMILES string of the molecule is CCCCNC(=O)[C@@H](CC)N(Cc1ccccc1)C(=O)CN(c1ccc(F)cc1)S(C)(=O)=O. The fraction of sp³-hybridized carbons (Fsp3) is 0.417. The molecule has 33 heavy (non-hydrogen) atoms. The third-order valence-corrected chi connectivity index (χ3v) is 6.35. The van der Waals surface area contributed by atoms with Gasteiger partial charge < -0.3 is 10.2 Å². The molecule has 0 fully saturated rings. The second-order valence-electron chi connectivity index (χ2n) is 7.82. The van der Waals surface area contributed by atoms with Crippen molar-refractivity contribution in [3.05, 3.63) is 66.0 Å². The summed E-state index contributed by atoms with van der Waals surface area (Å²) in [6.07, 6.45) is 3.10. The molecule has 0 saturated heterocycles. The van der Waals surface area contributed by atoms with E-state index in [2.05, 4.69) is 5.32 Å². The second-order valence-corrected chi connectivity index (χ2v) is 9.73. The van der Waals surface area contributed by atoms with Crippen LogP contribution in [0.4, 0.5) is 10.1 Å². The molecule has 2 rings (SSSR count). The Labute approximate surface area is 195 Å². The molecule has 0 heterocycles. The van der Waals surface area contributed by atoms with Gasteiger partial charge in [0.15, 0.2) is 0 Å². The number of benzene rings is 2. The van der Waals surface area contributed by atoms with Crippen LogP contribution in [0.1, 0.15) is 38.7 Å². The molecule has 0 bridgehead atoms. The Morgan fingerprint density at radius 3 is 2.21 bits per heavy atom. The zero-order valence-corrected chi connectivity index (χ0v) is 20.1. The fourth-order valence-corrected chi connectivity index (χ4v) is 4.28. The van der Waals surface area contributed by atoms with E-state index in [-0.39, 0.29) is 18.1 Å². The highest BCUT2D eigenvalue weighted by molar-refractivity contribution is 7.92. The molecule has 2 aromatic rings. The number of carbonyl (C=O) groups excluding carboxylic acids is 2. The minimum atomic E-state index is -3.84. The monoisotopic (exact) mass is 477 g/mol. The van der Waals surface area contributed by atoms with Crippen LogP contribution in [-0.4, -0.2) is 50.5 Å². The van der Waals surface area contributed by atoms with Gasteiger partial charge in [0.25, 0.3) is 0 Å². The fourth-order valence-electron chi connectivity index (χ4n) is 3.43. The number of anilines is 1. The molecule has 0 unspecified atom stereocenters. The largest absolute Gasteiger partial charge is 0.354 e. The van der Waals surface area contributed by atoms with Crippen molar-refractivity contribution < 1.29 is 22.4 Å². The number of amides is 2. The molecule has 0 aliphatic heterocycles. The van der Waals surface area contributed by atoms with Crippen molar-refractivity contribution in [2.45, 2.75) is 45.7 Å². The molecule has 2 aromatic carbocycles. The lowest BCUT2D eigenvalue weighted by Gasteiger charge is -2.32. The molecule has 0 saturated carbocycles. The van der Waals surface area contributed by atoms with Crippen LogP contribution in [0.25, 0.3) is 0 Å². The molecule has 2 amide bonds. The summed E-state index contributed by atoms with van der Waals surface area (Å²) in [7, 11) is -3.84. The maximum Gasteiger partial charge on any atom is 0.244 e. The summed E-state index contributed by atoms with van der Waals surface area (Å²) in [5.74, 6) is -1.31.